The summed E-state index contributed by atoms with van der Waals surface area (Å²) < 4.78 is 0. The Kier molecular flexibility index (Phi) is 3.03. The molecule has 1 amide bonds. The Balaban J connectivity index is 2.92. The summed E-state index contributed by atoms with van der Waals surface area (Å²) >= 11 is 0. The molecule has 0 radical (unpaired) electrons. The van der Waals surface area contributed by atoms with Gasteiger partial charge < -0.3 is 11.1 Å². The molecule has 0 heterocycles. The van der Waals surface area contributed by atoms with Crippen LogP contribution in [0.15, 0.2) is 18.2 Å². The van der Waals surface area contributed by atoms with E-state index in [2.05, 4.69) is 5.32 Å². The fourth-order valence-corrected chi connectivity index (χ4v) is 1.30. The Bertz CT molecular complexity index is 378. The van der Waals surface area contributed by atoms with Gasteiger partial charge in [-0.15, -0.1) is 0 Å². The van der Waals surface area contributed by atoms with Gasteiger partial charge in [0.1, 0.15) is 0 Å². The Morgan fingerprint density at radius 1 is 1.33 bits per heavy atom. The number of hydrogen-bond donors (Lipinski definition) is 2. The number of anilines is 1. The van der Waals surface area contributed by atoms with Crippen molar-refractivity contribution >= 4 is 11.6 Å². The first kappa shape index (κ1) is 11.6. The lowest BCUT2D eigenvalue weighted by molar-refractivity contribution is 0.0920. The van der Waals surface area contributed by atoms with Crippen LogP contribution in [0.5, 0.6) is 0 Å². The first-order chi connectivity index (χ1) is 6.79. The third kappa shape index (κ3) is 3.27. The molecule has 0 aliphatic heterocycles. The Morgan fingerprint density at radius 2 is 1.93 bits per heavy atom. The molecular weight excluding hydrogens is 188 g/mol. The number of carbonyl (C=O) groups is 1. The van der Waals surface area contributed by atoms with Crippen molar-refractivity contribution in [3.8, 4) is 0 Å². The second kappa shape index (κ2) is 3.93. The van der Waals surface area contributed by atoms with E-state index in [-0.39, 0.29) is 11.4 Å². The van der Waals surface area contributed by atoms with Gasteiger partial charge in [0.15, 0.2) is 0 Å². The monoisotopic (exact) mass is 206 g/mol. The fourth-order valence-electron chi connectivity index (χ4n) is 1.30. The average molecular weight is 206 g/mol. The maximum atomic E-state index is 11.8. The van der Waals surface area contributed by atoms with Gasteiger partial charge in [-0.2, -0.15) is 0 Å². The van der Waals surface area contributed by atoms with Gasteiger partial charge in [-0.25, -0.2) is 0 Å². The van der Waals surface area contributed by atoms with E-state index in [1.165, 1.54) is 0 Å². The largest absolute Gasteiger partial charge is 0.398 e. The quantitative estimate of drug-likeness (QED) is 0.691. The van der Waals surface area contributed by atoms with E-state index in [0.29, 0.717) is 11.3 Å². The van der Waals surface area contributed by atoms with Gasteiger partial charge in [-0.1, -0.05) is 6.07 Å². The number of rotatable bonds is 1. The molecular formula is C12H18N2O. The first-order valence-corrected chi connectivity index (χ1v) is 4.98. The van der Waals surface area contributed by atoms with E-state index in [0.717, 1.165) is 5.56 Å². The van der Waals surface area contributed by atoms with Crippen LogP contribution in [0.25, 0.3) is 0 Å². The van der Waals surface area contributed by atoms with E-state index in [1.54, 1.807) is 12.1 Å². The third-order valence-electron chi connectivity index (χ3n) is 1.94. The van der Waals surface area contributed by atoms with Crippen molar-refractivity contribution in [2.45, 2.75) is 33.2 Å². The highest BCUT2D eigenvalue weighted by Gasteiger charge is 2.16. The molecule has 3 heteroatoms. The lowest BCUT2D eigenvalue weighted by Gasteiger charge is -2.21. The summed E-state index contributed by atoms with van der Waals surface area (Å²) in [5, 5.41) is 2.88. The summed E-state index contributed by atoms with van der Waals surface area (Å²) in [5.74, 6) is -0.125. The topological polar surface area (TPSA) is 55.1 Å². The van der Waals surface area contributed by atoms with Crippen LogP contribution in [0.3, 0.4) is 0 Å². The van der Waals surface area contributed by atoms with Crippen molar-refractivity contribution in [1.82, 2.24) is 5.32 Å². The number of carbonyl (C=O) groups excluding carboxylic acids is 1. The molecule has 0 aliphatic rings. The van der Waals surface area contributed by atoms with E-state index < -0.39 is 0 Å². The second-order valence-electron chi connectivity index (χ2n) is 4.79. The predicted octanol–water partition coefficient (Wildman–Crippen LogP) is 2.11. The van der Waals surface area contributed by atoms with Crippen LogP contribution < -0.4 is 11.1 Å². The third-order valence-corrected chi connectivity index (χ3v) is 1.94. The minimum atomic E-state index is -0.242. The Morgan fingerprint density at radius 3 is 2.40 bits per heavy atom. The molecule has 0 saturated heterocycles. The number of nitrogens with two attached hydrogens (primary N) is 1. The van der Waals surface area contributed by atoms with Gasteiger partial charge >= 0.3 is 0 Å². The lowest BCUT2D eigenvalue weighted by Crippen LogP contribution is -2.40. The van der Waals surface area contributed by atoms with E-state index in [4.69, 9.17) is 5.73 Å². The zero-order valence-corrected chi connectivity index (χ0v) is 9.72. The Labute approximate surface area is 90.7 Å². The summed E-state index contributed by atoms with van der Waals surface area (Å²) in [6.45, 7) is 7.77. The van der Waals surface area contributed by atoms with Gasteiger partial charge in [0.25, 0.3) is 5.91 Å². The average Bonchev–Trinajstić information content (AvgIpc) is 1.99. The second-order valence-corrected chi connectivity index (χ2v) is 4.79. The van der Waals surface area contributed by atoms with Crippen molar-refractivity contribution in [3.63, 3.8) is 0 Å². The fraction of sp³-hybridized carbons (Fsp3) is 0.417. The van der Waals surface area contributed by atoms with Gasteiger partial charge in [0, 0.05) is 11.2 Å². The summed E-state index contributed by atoms with van der Waals surface area (Å²) in [7, 11) is 0. The number of benzene rings is 1. The van der Waals surface area contributed by atoms with Crippen molar-refractivity contribution < 1.29 is 4.79 Å². The smallest absolute Gasteiger partial charge is 0.253 e. The summed E-state index contributed by atoms with van der Waals surface area (Å²) in [5.41, 5.74) is 7.66. The van der Waals surface area contributed by atoms with Crippen molar-refractivity contribution in [2.24, 2.45) is 0 Å². The van der Waals surface area contributed by atoms with Gasteiger partial charge in [0.2, 0.25) is 0 Å². The molecule has 1 aromatic rings. The van der Waals surface area contributed by atoms with Crippen LogP contribution in [-0.4, -0.2) is 11.4 Å². The number of hydrogen-bond acceptors (Lipinski definition) is 2. The van der Waals surface area contributed by atoms with Crippen molar-refractivity contribution in [2.75, 3.05) is 5.73 Å². The molecule has 3 N–H and O–H groups in total. The summed E-state index contributed by atoms with van der Waals surface area (Å²) in [6.07, 6.45) is 0. The number of nitrogen functional groups attached to an aromatic ring is 1. The van der Waals surface area contributed by atoms with Crippen LogP contribution in [0, 0.1) is 6.92 Å². The normalized spacial score (nSPS) is 11.2. The molecule has 0 bridgehead atoms. The van der Waals surface area contributed by atoms with Crippen LogP contribution in [0.1, 0.15) is 36.7 Å². The number of nitrogens with one attached hydrogen (secondary N) is 1. The maximum absolute atomic E-state index is 11.8. The molecule has 1 aromatic carbocycles. The van der Waals surface area contributed by atoms with Crippen LogP contribution in [0.4, 0.5) is 5.69 Å². The zero-order chi connectivity index (χ0) is 11.6. The van der Waals surface area contributed by atoms with E-state index >= 15 is 0 Å². The van der Waals surface area contributed by atoms with Crippen LogP contribution in [0.2, 0.25) is 0 Å². The minimum Gasteiger partial charge on any atom is -0.398 e. The summed E-state index contributed by atoms with van der Waals surface area (Å²) in [6, 6.07) is 5.44. The molecule has 3 nitrogen and oxygen atoms in total. The molecule has 1 rings (SSSR count). The van der Waals surface area contributed by atoms with Gasteiger partial charge in [-0.05, 0) is 45.4 Å². The molecule has 0 atom stereocenters. The molecule has 0 unspecified atom stereocenters. The highest BCUT2D eigenvalue weighted by Crippen LogP contribution is 2.14. The van der Waals surface area contributed by atoms with E-state index in [9.17, 15) is 4.79 Å². The molecule has 0 aliphatic carbocycles. The molecule has 0 spiro atoms. The number of amides is 1. The highest BCUT2D eigenvalue weighted by molar-refractivity contribution is 5.99. The Hall–Kier alpha value is -1.51. The number of aryl methyl sites for hydroxylation is 1. The molecule has 82 valence electrons. The van der Waals surface area contributed by atoms with Crippen molar-refractivity contribution in [1.29, 1.82) is 0 Å². The van der Waals surface area contributed by atoms with Gasteiger partial charge in [-0.3, -0.25) is 4.79 Å². The minimum absolute atomic E-state index is 0.125. The van der Waals surface area contributed by atoms with Crippen LogP contribution in [-0.2, 0) is 0 Å². The molecule has 0 fully saturated rings. The SMILES string of the molecule is Cc1ccc(C(=O)NC(C)(C)C)c(N)c1. The van der Waals surface area contributed by atoms with Gasteiger partial charge in [0.05, 0.1) is 5.56 Å². The maximum Gasteiger partial charge on any atom is 0.253 e. The van der Waals surface area contributed by atoms with E-state index in [1.807, 2.05) is 33.8 Å². The lowest BCUT2D eigenvalue weighted by atomic mass is 10.1. The first-order valence-electron chi connectivity index (χ1n) is 4.98. The summed E-state index contributed by atoms with van der Waals surface area (Å²) in [4.78, 5) is 11.8. The zero-order valence-electron chi connectivity index (χ0n) is 9.72. The molecule has 0 saturated carbocycles. The molecule has 15 heavy (non-hydrogen) atoms. The van der Waals surface area contributed by atoms with Crippen molar-refractivity contribution in [3.05, 3.63) is 29.3 Å². The highest BCUT2D eigenvalue weighted by atomic mass is 16.1. The van der Waals surface area contributed by atoms with Crippen LogP contribution >= 0.6 is 0 Å². The molecule has 0 aromatic heterocycles. The standard InChI is InChI=1S/C12H18N2O/c1-8-5-6-9(10(13)7-8)11(15)14-12(2,3)4/h5-7H,13H2,1-4H3,(H,14,15). The predicted molar refractivity (Wildman–Crippen MR) is 62.8 cm³/mol.